The molecule has 0 radical (unpaired) electrons. The first-order valence-corrected chi connectivity index (χ1v) is 6.44. The molecular formula is C12H25N3O2. The standard InChI is InChI=1S/C12H25N3O2/c1-9(2)7-11(8-16)14-10-3-5-15(6-4-10)12(13)17/h9-11,14,16H,3-8H2,1-2H3,(H2,13,17). The third kappa shape index (κ3) is 4.91. The van der Waals surface area contributed by atoms with Crippen molar-refractivity contribution in [2.24, 2.45) is 11.7 Å². The van der Waals surface area contributed by atoms with E-state index in [1.165, 1.54) is 0 Å². The zero-order valence-corrected chi connectivity index (χ0v) is 10.9. The normalized spacial score (nSPS) is 19.6. The zero-order valence-electron chi connectivity index (χ0n) is 10.9. The van der Waals surface area contributed by atoms with Gasteiger partial charge in [0.1, 0.15) is 0 Å². The Labute approximate surface area is 103 Å². The minimum absolute atomic E-state index is 0.167. The van der Waals surface area contributed by atoms with Crippen molar-refractivity contribution in [2.45, 2.75) is 45.2 Å². The van der Waals surface area contributed by atoms with Gasteiger partial charge in [-0.05, 0) is 25.2 Å². The summed E-state index contributed by atoms with van der Waals surface area (Å²) in [6.07, 6.45) is 2.81. The van der Waals surface area contributed by atoms with Crippen molar-refractivity contribution in [1.29, 1.82) is 0 Å². The van der Waals surface area contributed by atoms with Crippen molar-refractivity contribution < 1.29 is 9.90 Å². The molecule has 17 heavy (non-hydrogen) atoms. The van der Waals surface area contributed by atoms with Crippen LogP contribution in [0.3, 0.4) is 0 Å². The summed E-state index contributed by atoms with van der Waals surface area (Å²) in [5.74, 6) is 0.574. The van der Waals surface area contributed by atoms with Gasteiger partial charge in [-0.1, -0.05) is 13.8 Å². The number of hydrogen-bond acceptors (Lipinski definition) is 3. The summed E-state index contributed by atoms with van der Waals surface area (Å²) < 4.78 is 0. The molecule has 1 heterocycles. The van der Waals surface area contributed by atoms with E-state index in [1.807, 2.05) is 0 Å². The molecule has 0 spiro atoms. The van der Waals surface area contributed by atoms with Gasteiger partial charge in [0.25, 0.3) is 0 Å². The maximum Gasteiger partial charge on any atom is 0.314 e. The van der Waals surface area contributed by atoms with E-state index in [0.717, 1.165) is 19.3 Å². The predicted molar refractivity (Wildman–Crippen MR) is 67.6 cm³/mol. The summed E-state index contributed by atoms with van der Waals surface area (Å²) in [5, 5.41) is 12.8. The highest BCUT2D eigenvalue weighted by atomic mass is 16.3. The Balaban J connectivity index is 2.31. The van der Waals surface area contributed by atoms with Gasteiger partial charge >= 0.3 is 6.03 Å². The number of carbonyl (C=O) groups is 1. The second-order valence-corrected chi connectivity index (χ2v) is 5.28. The maximum atomic E-state index is 11.0. The minimum atomic E-state index is -0.329. The molecule has 1 unspecified atom stereocenters. The summed E-state index contributed by atoms with van der Waals surface area (Å²) >= 11 is 0. The van der Waals surface area contributed by atoms with E-state index in [9.17, 15) is 9.90 Å². The predicted octanol–water partition coefficient (Wildman–Crippen LogP) is 0.526. The van der Waals surface area contributed by atoms with Crippen molar-refractivity contribution in [2.75, 3.05) is 19.7 Å². The average molecular weight is 243 g/mol. The van der Waals surface area contributed by atoms with Crippen LogP contribution in [0, 0.1) is 5.92 Å². The molecule has 0 bridgehead atoms. The lowest BCUT2D eigenvalue weighted by Crippen LogP contribution is -2.50. The Morgan fingerprint density at radius 3 is 2.47 bits per heavy atom. The van der Waals surface area contributed by atoms with Crippen molar-refractivity contribution >= 4 is 6.03 Å². The van der Waals surface area contributed by atoms with Gasteiger partial charge in [0.15, 0.2) is 0 Å². The van der Waals surface area contributed by atoms with Gasteiger partial charge in [-0.15, -0.1) is 0 Å². The lowest BCUT2D eigenvalue weighted by molar-refractivity contribution is 0.166. The van der Waals surface area contributed by atoms with E-state index >= 15 is 0 Å². The molecule has 4 N–H and O–H groups in total. The van der Waals surface area contributed by atoms with Gasteiger partial charge in [0.05, 0.1) is 6.61 Å². The molecule has 1 rings (SSSR count). The van der Waals surface area contributed by atoms with Gasteiger partial charge in [-0.25, -0.2) is 4.79 Å². The van der Waals surface area contributed by atoms with Crippen LogP contribution in [-0.2, 0) is 0 Å². The summed E-state index contributed by atoms with van der Waals surface area (Å²) in [4.78, 5) is 12.6. The van der Waals surface area contributed by atoms with Crippen LogP contribution < -0.4 is 11.1 Å². The maximum absolute atomic E-state index is 11.0. The molecule has 1 aliphatic rings. The first kappa shape index (κ1) is 14.3. The molecule has 0 aromatic carbocycles. The van der Waals surface area contributed by atoms with Crippen LogP contribution in [0.25, 0.3) is 0 Å². The number of piperidine rings is 1. The van der Waals surface area contributed by atoms with Crippen molar-refractivity contribution in [3.05, 3.63) is 0 Å². The van der Waals surface area contributed by atoms with Gasteiger partial charge in [0.2, 0.25) is 0 Å². The molecule has 2 amide bonds. The van der Waals surface area contributed by atoms with Gasteiger partial charge in [-0.2, -0.15) is 0 Å². The number of urea groups is 1. The number of nitrogens with two attached hydrogens (primary N) is 1. The molecule has 5 heteroatoms. The number of rotatable bonds is 5. The van der Waals surface area contributed by atoms with Crippen molar-refractivity contribution in [1.82, 2.24) is 10.2 Å². The second-order valence-electron chi connectivity index (χ2n) is 5.28. The molecule has 5 nitrogen and oxygen atoms in total. The number of amides is 2. The van der Waals surface area contributed by atoms with Crippen molar-refractivity contribution in [3.8, 4) is 0 Å². The summed E-state index contributed by atoms with van der Waals surface area (Å²) in [6.45, 7) is 5.91. The highest BCUT2D eigenvalue weighted by Gasteiger charge is 2.23. The topological polar surface area (TPSA) is 78.6 Å². The van der Waals surface area contributed by atoms with Crippen LogP contribution in [0.15, 0.2) is 0 Å². The minimum Gasteiger partial charge on any atom is -0.395 e. The molecule has 100 valence electrons. The molecular weight excluding hydrogens is 218 g/mol. The quantitative estimate of drug-likeness (QED) is 0.659. The summed E-state index contributed by atoms with van der Waals surface area (Å²) in [6, 6.07) is 0.228. The summed E-state index contributed by atoms with van der Waals surface area (Å²) in [5.41, 5.74) is 5.23. The highest BCUT2D eigenvalue weighted by molar-refractivity contribution is 5.72. The van der Waals surface area contributed by atoms with Gasteiger partial charge in [-0.3, -0.25) is 0 Å². The van der Waals surface area contributed by atoms with E-state index in [-0.39, 0.29) is 18.7 Å². The molecule has 0 saturated carbocycles. The molecule has 0 aliphatic carbocycles. The average Bonchev–Trinajstić information content (AvgIpc) is 2.28. The smallest absolute Gasteiger partial charge is 0.314 e. The largest absolute Gasteiger partial charge is 0.395 e. The first-order valence-electron chi connectivity index (χ1n) is 6.44. The van der Waals surface area contributed by atoms with Crippen molar-refractivity contribution in [3.63, 3.8) is 0 Å². The summed E-state index contributed by atoms with van der Waals surface area (Å²) in [7, 11) is 0. The number of nitrogens with one attached hydrogen (secondary N) is 1. The Morgan fingerprint density at radius 2 is 2.06 bits per heavy atom. The molecule has 0 aromatic heterocycles. The number of primary amides is 1. The van der Waals surface area contributed by atoms with Crippen LogP contribution in [0.2, 0.25) is 0 Å². The van der Waals surface area contributed by atoms with E-state index < -0.39 is 0 Å². The van der Waals surface area contributed by atoms with Crippen LogP contribution >= 0.6 is 0 Å². The van der Waals surface area contributed by atoms with E-state index in [2.05, 4.69) is 19.2 Å². The Bertz CT molecular complexity index is 238. The SMILES string of the molecule is CC(C)CC(CO)NC1CCN(C(N)=O)CC1. The Morgan fingerprint density at radius 1 is 1.47 bits per heavy atom. The van der Waals surface area contributed by atoms with Gasteiger partial charge in [0, 0.05) is 25.2 Å². The Kier molecular flexibility index (Phi) is 5.71. The lowest BCUT2D eigenvalue weighted by Gasteiger charge is -2.33. The second kappa shape index (κ2) is 6.81. The molecule has 0 aromatic rings. The van der Waals surface area contributed by atoms with Crippen LogP contribution in [0.4, 0.5) is 4.79 Å². The fourth-order valence-electron chi connectivity index (χ4n) is 2.36. The first-order chi connectivity index (χ1) is 8.02. The number of carbonyl (C=O) groups excluding carboxylic acids is 1. The Hall–Kier alpha value is -0.810. The fourth-order valence-corrected chi connectivity index (χ4v) is 2.36. The lowest BCUT2D eigenvalue weighted by atomic mass is 10.00. The number of hydrogen-bond donors (Lipinski definition) is 3. The fraction of sp³-hybridized carbons (Fsp3) is 0.917. The monoisotopic (exact) mass is 243 g/mol. The van der Waals surface area contributed by atoms with E-state index in [1.54, 1.807) is 4.90 Å². The number of likely N-dealkylation sites (tertiary alicyclic amines) is 1. The third-order valence-corrected chi connectivity index (χ3v) is 3.25. The molecule has 1 fully saturated rings. The number of aliphatic hydroxyl groups excluding tert-OH is 1. The highest BCUT2D eigenvalue weighted by Crippen LogP contribution is 2.12. The van der Waals surface area contributed by atoms with Crippen LogP contribution in [0.1, 0.15) is 33.1 Å². The third-order valence-electron chi connectivity index (χ3n) is 3.25. The number of nitrogens with zero attached hydrogens (tertiary/aromatic N) is 1. The van der Waals surface area contributed by atoms with E-state index in [4.69, 9.17) is 5.73 Å². The van der Waals surface area contributed by atoms with E-state index in [0.29, 0.717) is 25.0 Å². The molecule has 1 saturated heterocycles. The van der Waals surface area contributed by atoms with Crippen LogP contribution in [-0.4, -0.2) is 47.8 Å². The zero-order chi connectivity index (χ0) is 12.8. The van der Waals surface area contributed by atoms with Gasteiger partial charge < -0.3 is 21.1 Å². The molecule has 1 aliphatic heterocycles. The number of aliphatic hydroxyl groups is 1. The van der Waals surface area contributed by atoms with Crippen LogP contribution in [0.5, 0.6) is 0 Å². The molecule has 1 atom stereocenters.